The molecule has 0 aromatic carbocycles. The fourth-order valence-electron chi connectivity index (χ4n) is 2.48. The first-order chi connectivity index (χ1) is 9.93. The Hall–Kier alpha value is -0.650. The minimum Gasteiger partial charge on any atom is -0.480 e. The molecule has 126 valence electrons. The van der Waals surface area contributed by atoms with Gasteiger partial charge >= 0.3 is 5.97 Å². The Balaban J connectivity index is 4.02. The molecule has 0 aliphatic carbocycles. The van der Waals surface area contributed by atoms with E-state index in [1.165, 1.54) is 6.42 Å². The average molecular weight is 301 g/mol. The lowest BCUT2D eigenvalue weighted by molar-refractivity contribution is -0.144. The maximum atomic E-state index is 11.2. The quantitative estimate of drug-likeness (QED) is 0.544. The van der Waals surface area contributed by atoms with Gasteiger partial charge < -0.3 is 20.2 Å². The van der Waals surface area contributed by atoms with E-state index >= 15 is 0 Å². The number of aliphatic carboxylic acids is 1. The van der Waals surface area contributed by atoms with Gasteiger partial charge in [-0.25, -0.2) is 0 Å². The summed E-state index contributed by atoms with van der Waals surface area (Å²) in [4.78, 5) is 16.1. The number of nitrogens with one attached hydrogen (secondary N) is 1. The molecule has 0 spiro atoms. The van der Waals surface area contributed by atoms with E-state index in [0.29, 0.717) is 6.42 Å². The number of carboxylic acids is 1. The molecule has 0 fully saturated rings. The molecule has 0 bridgehead atoms. The van der Waals surface area contributed by atoms with Gasteiger partial charge in [-0.15, -0.1) is 0 Å². The predicted molar refractivity (Wildman–Crippen MR) is 88.9 cm³/mol. The summed E-state index contributed by atoms with van der Waals surface area (Å²) >= 11 is 0. The zero-order chi connectivity index (χ0) is 16.3. The lowest BCUT2D eigenvalue weighted by Crippen LogP contribution is -2.47. The minimum absolute atomic E-state index is 0.658. The molecule has 0 aromatic heterocycles. The van der Waals surface area contributed by atoms with Gasteiger partial charge in [0.2, 0.25) is 0 Å². The standard InChI is InChI=1S/C16H35N3O2/c1-6-18(7-2)13-10-14-19(8-3)12-9-11-16(4,17-5)15(20)21/h17H,6-14H2,1-5H3,(H,20,21). The summed E-state index contributed by atoms with van der Waals surface area (Å²) in [7, 11) is 1.72. The summed E-state index contributed by atoms with van der Waals surface area (Å²) in [5.41, 5.74) is -0.805. The van der Waals surface area contributed by atoms with Gasteiger partial charge in [0.15, 0.2) is 0 Å². The van der Waals surface area contributed by atoms with E-state index in [-0.39, 0.29) is 0 Å². The molecule has 5 heteroatoms. The van der Waals surface area contributed by atoms with Crippen molar-refractivity contribution < 1.29 is 9.90 Å². The molecule has 0 radical (unpaired) electrons. The van der Waals surface area contributed by atoms with Crippen LogP contribution >= 0.6 is 0 Å². The van der Waals surface area contributed by atoms with E-state index in [0.717, 1.165) is 45.7 Å². The molecule has 1 unspecified atom stereocenters. The number of hydrogen-bond acceptors (Lipinski definition) is 4. The molecule has 0 aromatic rings. The Morgan fingerprint density at radius 1 is 1.00 bits per heavy atom. The van der Waals surface area contributed by atoms with Crippen LogP contribution in [0.3, 0.4) is 0 Å². The highest BCUT2D eigenvalue weighted by atomic mass is 16.4. The molecule has 0 amide bonds. The van der Waals surface area contributed by atoms with E-state index in [4.69, 9.17) is 0 Å². The second-order valence-electron chi connectivity index (χ2n) is 5.81. The van der Waals surface area contributed by atoms with Gasteiger partial charge in [0.25, 0.3) is 0 Å². The average Bonchev–Trinajstić information content (AvgIpc) is 2.49. The molecule has 1 atom stereocenters. The molecule has 0 heterocycles. The van der Waals surface area contributed by atoms with Gasteiger partial charge in [-0.3, -0.25) is 4.79 Å². The minimum atomic E-state index is -0.805. The second kappa shape index (κ2) is 11.0. The van der Waals surface area contributed by atoms with Crippen molar-refractivity contribution in [3.05, 3.63) is 0 Å². The fourth-order valence-corrected chi connectivity index (χ4v) is 2.48. The van der Waals surface area contributed by atoms with E-state index in [2.05, 4.69) is 35.9 Å². The third-order valence-electron chi connectivity index (χ3n) is 4.47. The van der Waals surface area contributed by atoms with Gasteiger partial charge in [0.05, 0.1) is 0 Å². The predicted octanol–water partition coefficient (Wildman–Crippen LogP) is 1.88. The first-order valence-corrected chi connectivity index (χ1v) is 8.30. The highest BCUT2D eigenvalue weighted by Gasteiger charge is 2.30. The van der Waals surface area contributed by atoms with Crippen molar-refractivity contribution in [3.63, 3.8) is 0 Å². The van der Waals surface area contributed by atoms with Gasteiger partial charge in [-0.1, -0.05) is 20.8 Å². The van der Waals surface area contributed by atoms with Crippen molar-refractivity contribution in [3.8, 4) is 0 Å². The zero-order valence-electron chi connectivity index (χ0n) is 14.6. The number of carbonyl (C=O) groups is 1. The van der Waals surface area contributed by atoms with Crippen molar-refractivity contribution in [2.24, 2.45) is 0 Å². The molecule has 0 rings (SSSR count). The highest BCUT2D eigenvalue weighted by Crippen LogP contribution is 2.12. The van der Waals surface area contributed by atoms with E-state index in [1.54, 1.807) is 14.0 Å². The Kier molecular flexibility index (Phi) is 10.6. The maximum absolute atomic E-state index is 11.2. The number of nitrogens with zero attached hydrogens (tertiary/aromatic N) is 2. The highest BCUT2D eigenvalue weighted by molar-refractivity contribution is 5.78. The lowest BCUT2D eigenvalue weighted by Gasteiger charge is -2.27. The first kappa shape index (κ1) is 20.3. The van der Waals surface area contributed by atoms with Crippen LogP contribution in [-0.4, -0.2) is 72.7 Å². The zero-order valence-corrected chi connectivity index (χ0v) is 14.6. The normalized spacial score (nSPS) is 14.6. The molecular formula is C16H35N3O2. The number of hydrogen-bond donors (Lipinski definition) is 2. The van der Waals surface area contributed by atoms with Crippen molar-refractivity contribution >= 4 is 5.97 Å². The van der Waals surface area contributed by atoms with Gasteiger partial charge in [0, 0.05) is 0 Å². The molecule has 0 aliphatic rings. The van der Waals surface area contributed by atoms with Crippen LogP contribution in [0.25, 0.3) is 0 Å². The number of likely N-dealkylation sites (N-methyl/N-ethyl adjacent to an activating group) is 1. The summed E-state index contributed by atoms with van der Waals surface area (Å²) in [6.45, 7) is 14.8. The molecule has 0 aliphatic heterocycles. The Bertz CT molecular complexity index is 283. The van der Waals surface area contributed by atoms with Crippen molar-refractivity contribution in [1.29, 1.82) is 0 Å². The Morgan fingerprint density at radius 3 is 1.90 bits per heavy atom. The number of carboxylic acid groups (broad SMARTS) is 1. The first-order valence-electron chi connectivity index (χ1n) is 8.30. The molecular weight excluding hydrogens is 266 g/mol. The second-order valence-corrected chi connectivity index (χ2v) is 5.81. The molecule has 2 N–H and O–H groups in total. The SMILES string of the molecule is CCN(CC)CCCN(CC)CCCC(C)(NC)C(=O)O. The summed E-state index contributed by atoms with van der Waals surface area (Å²) < 4.78 is 0. The van der Waals surface area contributed by atoms with Crippen LogP contribution in [0.1, 0.15) is 47.0 Å². The van der Waals surface area contributed by atoms with Crippen LogP contribution in [-0.2, 0) is 4.79 Å². The molecule has 5 nitrogen and oxygen atoms in total. The van der Waals surface area contributed by atoms with Gasteiger partial charge in [-0.05, 0) is 72.5 Å². The van der Waals surface area contributed by atoms with Gasteiger partial charge in [0.1, 0.15) is 5.54 Å². The molecule has 0 saturated carbocycles. The van der Waals surface area contributed by atoms with E-state index < -0.39 is 11.5 Å². The topological polar surface area (TPSA) is 55.8 Å². The summed E-state index contributed by atoms with van der Waals surface area (Å²) in [6.07, 6.45) is 2.74. The van der Waals surface area contributed by atoms with Crippen molar-refractivity contribution in [2.45, 2.75) is 52.5 Å². The smallest absolute Gasteiger partial charge is 0.323 e. The maximum Gasteiger partial charge on any atom is 0.323 e. The van der Waals surface area contributed by atoms with Crippen LogP contribution in [0.15, 0.2) is 0 Å². The van der Waals surface area contributed by atoms with E-state index in [9.17, 15) is 9.90 Å². The van der Waals surface area contributed by atoms with Crippen LogP contribution < -0.4 is 5.32 Å². The summed E-state index contributed by atoms with van der Waals surface area (Å²) in [6, 6.07) is 0. The van der Waals surface area contributed by atoms with Crippen molar-refractivity contribution in [2.75, 3.05) is 46.3 Å². The lowest BCUT2D eigenvalue weighted by atomic mass is 9.96. The summed E-state index contributed by atoms with van der Waals surface area (Å²) in [5, 5.41) is 12.1. The van der Waals surface area contributed by atoms with E-state index in [1.807, 2.05) is 0 Å². The Morgan fingerprint density at radius 2 is 1.48 bits per heavy atom. The molecule has 21 heavy (non-hydrogen) atoms. The van der Waals surface area contributed by atoms with Crippen molar-refractivity contribution in [1.82, 2.24) is 15.1 Å². The summed E-state index contributed by atoms with van der Waals surface area (Å²) in [5.74, 6) is -0.769. The van der Waals surface area contributed by atoms with Crippen LogP contribution in [0.2, 0.25) is 0 Å². The van der Waals surface area contributed by atoms with Crippen LogP contribution in [0.5, 0.6) is 0 Å². The largest absolute Gasteiger partial charge is 0.480 e. The van der Waals surface area contributed by atoms with Crippen LogP contribution in [0.4, 0.5) is 0 Å². The molecule has 0 saturated heterocycles. The Labute approximate surface area is 130 Å². The number of rotatable bonds is 13. The van der Waals surface area contributed by atoms with Gasteiger partial charge in [-0.2, -0.15) is 0 Å². The third-order valence-corrected chi connectivity index (χ3v) is 4.47. The van der Waals surface area contributed by atoms with Crippen LogP contribution in [0, 0.1) is 0 Å². The monoisotopic (exact) mass is 301 g/mol. The fraction of sp³-hybridized carbons (Fsp3) is 0.938. The third kappa shape index (κ3) is 7.79.